The monoisotopic (exact) mass is 272 g/mol. The van der Waals surface area contributed by atoms with Crippen molar-refractivity contribution < 1.29 is 19.5 Å². The molecule has 1 aliphatic rings. The fraction of sp³-hybridized carbons (Fsp3) is 0.727. The summed E-state index contributed by atoms with van der Waals surface area (Å²) in [5, 5.41) is 13.7. The lowest BCUT2D eigenvalue weighted by Crippen LogP contribution is -2.53. The van der Waals surface area contributed by atoms with Gasteiger partial charge in [-0.25, -0.2) is 4.79 Å². The lowest BCUT2D eigenvalue weighted by atomic mass is 10.0. The third kappa shape index (κ3) is 3.65. The molecule has 19 heavy (non-hydrogen) atoms. The van der Waals surface area contributed by atoms with Crippen molar-refractivity contribution in [3.05, 3.63) is 0 Å². The summed E-state index contributed by atoms with van der Waals surface area (Å²) in [7, 11) is 0. The summed E-state index contributed by atoms with van der Waals surface area (Å²) in [5.41, 5.74) is 4.41. The Morgan fingerprint density at radius 2 is 2.11 bits per heavy atom. The van der Waals surface area contributed by atoms with E-state index in [4.69, 9.17) is 10.8 Å². The van der Waals surface area contributed by atoms with Crippen molar-refractivity contribution in [3.63, 3.8) is 0 Å². The Balaban J connectivity index is 2.55. The van der Waals surface area contributed by atoms with Crippen molar-refractivity contribution in [2.45, 2.75) is 31.8 Å². The number of aliphatic carboxylic acids is 1. The van der Waals surface area contributed by atoms with Crippen LogP contribution >= 0.6 is 0 Å². The van der Waals surface area contributed by atoms with Crippen LogP contribution in [0.2, 0.25) is 0 Å². The van der Waals surface area contributed by atoms with Crippen molar-refractivity contribution >= 4 is 17.9 Å². The van der Waals surface area contributed by atoms with Gasteiger partial charge < -0.3 is 16.2 Å². The Kier molecular flexibility index (Phi) is 4.84. The standard InChI is InChI=1S/C11H20N4O4/c1-3-13-10(19)14-8(16)7(2)15-5-4-11(12,6-15)9(17)18/h7H,3-6,12H2,1-2H3,(H,17,18)(H2,13,14,16,19). The largest absolute Gasteiger partial charge is 0.480 e. The third-order valence-electron chi connectivity index (χ3n) is 3.26. The van der Waals surface area contributed by atoms with Crippen molar-refractivity contribution in [2.24, 2.45) is 5.73 Å². The number of carbonyl (C=O) groups excluding carboxylic acids is 2. The first-order chi connectivity index (χ1) is 8.80. The number of nitrogens with zero attached hydrogens (tertiary/aromatic N) is 1. The summed E-state index contributed by atoms with van der Waals surface area (Å²) >= 11 is 0. The molecule has 0 radical (unpaired) electrons. The number of nitrogens with two attached hydrogens (primary N) is 1. The van der Waals surface area contributed by atoms with E-state index in [0.717, 1.165) is 0 Å². The second-order valence-electron chi connectivity index (χ2n) is 4.71. The maximum absolute atomic E-state index is 11.8. The van der Waals surface area contributed by atoms with Gasteiger partial charge in [-0.1, -0.05) is 0 Å². The Morgan fingerprint density at radius 3 is 2.58 bits per heavy atom. The summed E-state index contributed by atoms with van der Waals surface area (Å²) in [6, 6.07) is -1.16. The molecular weight excluding hydrogens is 252 g/mol. The highest BCUT2D eigenvalue weighted by Crippen LogP contribution is 2.21. The highest BCUT2D eigenvalue weighted by Gasteiger charge is 2.43. The summed E-state index contributed by atoms with van der Waals surface area (Å²) < 4.78 is 0. The van der Waals surface area contributed by atoms with E-state index < -0.39 is 29.5 Å². The predicted molar refractivity (Wildman–Crippen MR) is 67.4 cm³/mol. The van der Waals surface area contributed by atoms with Crippen molar-refractivity contribution in [2.75, 3.05) is 19.6 Å². The number of imide groups is 1. The summed E-state index contributed by atoms with van der Waals surface area (Å²) in [6.07, 6.45) is 0.279. The van der Waals surface area contributed by atoms with Gasteiger partial charge >= 0.3 is 12.0 Å². The number of nitrogens with one attached hydrogen (secondary N) is 2. The van der Waals surface area contributed by atoms with E-state index in [-0.39, 0.29) is 13.0 Å². The maximum Gasteiger partial charge on any atom is 0.325 e. The highest BCUT2D eigenvalue weighted by molar-refractivity contribution is 5.96. The lowest BCUT2D eigenvalue weighted by molar-refractivity contribution is -0.143. The second-order valence-corrected chi connectivity index (χ2v) is 4.71. The Hall–Kier alpha value is -1.67. The zero-order chi connectivity index (χ0) is 14.6. The Morgan fingerprint density at radius 1 is 1.47 bits per heavy atom. The maximum atomic E-state index is 11.8. The number of hydrogen-bond donors (Lipinski definition) is 4. The van der Waals surface area contributed by atoms with Gasteiger partial charge in [0.15, 0.2) is 0 Å². The number of rotatable bonds is 4. The molecular formula is C11H20N4O4. The van der Waals surface area contributed by atoms with Gasteiger partial charge in [0.25, 0.3) is 0 Å². The predicted octanol–water partition coefficient (Wildman–Crippen LogP) is -1.29. The molecule has 0 aromatic carbocycles. The SMILES string of the molecule is CCNC(=O)NC(=O)C(C)N1CCC(N)(C(=O)O)C1. The zero-order valence-corrected chi connectivity index (χ0v) is 11.1. The first-order valence-corrected chi connectivity index (χ1v) is 6.15. The van der Waals surface area contributed by atoms with E-state index >= 15 is 0 Å². The van der Waals surface area contributed by atoms with Gasteiger partial charge in [-0.15, -0.1) is 0 Å². The minimum absolute atomic E-state index is 0.0896. The summed E-state index contributed by atoms with van der Waals surface area (Å²) in [5.74, 6) is -1.55. The van der Waals surface area contributed by atoms with Crippen LogP contribution in [-0.2, 0) is 9.59 Å². The van der Waals surface area contributed by atoms with Gasteiger partial charge in [-0.3, -0.25) is 19.8 Å². The number of likely N-dealkylation sites (tertiary alicyclic amines) is 1. The van der Waals surface area contributed by atoms with Gasteiger partial charge in [-0.05, 0) is 20.3 Å². The normalized spacial score (nSPS) is 24.8. The quantitative estimate of drug-likeness (QED) is 0.504. The van der Waals surface area contributed by atoms with Crippen molar-refractivity contribution in [1.82, 2.24) is 15.5 Å². The van der Waals surface area contributed by atoms with Crippen LogP contribution in [0, 0.1) is 0 Å². The number of amides is 3. The van der Waals surface area contributed by atoms with Crippen LogP contribution in [-0.4, -0.2) is 59.1 Å². The molecule has 0 bridgehead atoms. The topological polar surface area (TPSA) is 125 Å². The molecule has 1 aliphatic heterocycles. The van der Waals surface area contributed by atoms with E-state index in [0.29, 0.717) is 13.1 Å². The minimum atomic E-state index is -1.32. The van der Waals surface area contributed by atoms with Crippen LogP contribution in [0.25, 0.3) is 0 Å². The van der Waals surface area contributed by atoms with Gasteiger partial charge in [0.05, 0.1) is 6.04 Å². The van der Waals surface area contributed by atoms with Crippen molar-refractivity contribution in [1.29, 1.82) is 0 Å². The van der Waals surface area contributed by atoms with Gasteiger partial charge in [-0.2, -0.15) is 0 Å². The Labute approximate surface area is 111 Å². The zero-order valence-electron chi connectivity index (χ0n) is 11.1. The molecule has 0 aliphatic carbocycles. The van der Waals surface area contributed by atoms with E-state index in [1.807, 2.05) is 0 Å². The molecule has 3 amide bonds. The first-order valence-electron chi connectivity index (χ1n) is 6.15. The average molecular weight is 272 g/mol. The van der Waals surface area contributed by atoms with Crippen LogP contribution in [0.3, 0.4) is 0 Å². The summed E-state index contributed by atoms with van der Waals surface area (Å²) in [6.45, 7) is 4.27. The molecule has 5 N–H and O–H groups in total. The van der Waals surface area contributed by atoms with Crippen LogP contribution in [0.5, 0.6) is 0 Å². The molecule has 8 nitrogen and oxygen atoms in total. The van der Waals surface area contributed by atoms with Gasteiger partial charge in [0, 0.05) is 19.6 Å². The molecule has 1 rings (SSSR count). The van der Waals surface area contributed by atoms with Gasteiger partial charge in [0.2, 0.25) is 5.91 Å². The summed E-state index contributed by atoms with van der Waals surface area (Å²) in [4.78, 5) is 35.7. The fourth-order valence-corrected chi connectivity index (χ4v) is 1.96. The van der Waals surface area contributed by atoms with Crippen LogP contribution in [0.15, 0.2) is 0 Å². The molecule has 2 atom stereocenters. The van der Waals surface area contributed by atoms with Gasteiger partial charge in [0.1, 0.15) is 5.54 Å². The van der Waals surface area contributed by atoms with Crippen molar-refractivity contribution in [3.8, 4) is 0 Å². The van der Waals surface area contributed by atoms with E-state index in [9.17, 15) is 14.4 Å². The molecule has 1 saturated heterocycles. The number of hydrogen-bond acceptors (Lipinski definition) is 5. The third-order valence-corrected chi connectivity index (χ3v) is 3.26. The fourth-order valence-electron chi connectivity index (χ4n) is 1.96. The van der Waals surface area contributed by atoms with Crippen LogP contribution < -0.4 is 16.4 Å². The Bertz CT molecular complexity index is 387. The van der Waals surface area contributed by atoms with E-state index in [2.05, 4.69) is 10.6 Å². The van der Waals surface area contributed by atoms with E-state index in [1.54, 1.807) is 18.7 Å². The molecule has 0 aromatic heterocycles. The molecule has 0 spiro atoms. The number of carboxylic acid groups (broad SMARTS) is 1. The number of carboxylic acids is 1. The second kappa shape index (κ2) is 5.98. The first kappa shape index (κ1) is 15.4. The molecule has 1 heterocycles. The molecule has 1 fully saturated rings. The molecule has 108 valence electrons. The average Bonchev–Trinajstić information content (AvgIpc) is 2.72. The number of urea groups is 1. The van der Waals surface area contributed by atoms with Crippen LogP contribution in [0.4, 0.5) is 4.79 Å². The molecule has 8 heteroatoms. The smallest absolute Gasteiger partial charge is 0.325 e. The molecule has 0 saturated carbocycles. The minimum Gasteiger partial charge on any atom is -0.480 e. The molecule has 2 unspecified atom stereocenters. The highest BCUT2D eigenvalue weighted by atomic mass is 16.4. The van der Waals surface area contributed by atoms with Crippen LogP contribution in [0.1, 0.15) is 20.3 Å². The number of carbonyl (C=O) groups is 3. The lowest BCUT2D eigenvalue weighted by Gasteiger charge is -2.24. The molecule has 0 aromatic rings. The van der Waals surface area contributed by atoms with E-state index in [1.165, 1.54) is 0 Å².